The van der Waals surface area contributed by atoms with E-state index in [9.17, 15) is 0 Å². The summed E-state index contributed by atoms with van der Waals surface area (Å²) < 4.78 is 5.21. The number of aliphatic imine (C=N–C) groups is 1. The van der Waals surface area contributed by atoms with Gasteiger partial charge in [-0.15, -0.1) is 0 Å². The van der Waals surface area contributed by atoms with E-state index in [0.29, 0.717) is 6.04 Å². The number of piperidine rings is 1. The van der Waals surface area contributed by atoms with Crippen molar-refractivity contribution in [2.45, 2.75) is 25.4 Å². The predicted molar refractivity (Wildman–Crippen MR) is 109 cm³/mol. The normalized spacial score (nSPS) is 19.4. The molecule has 0 aliphatic carbocycles. The number of ether oxygens (including phenoxy) is 1. The summed E-state index contributed by atoms with van der Waals surface area (Å²) in [6, 6.07) is 13.2. The van der Waals surface area contributed by atoms with Crippen LogP contribution < -0.4 is 10.1 Å². The number of benzene rings is 1. The van der Waals surface area contributed by atoms with Gasteiger partial charge in [0.15, 0.2) is 0 Å². The molecule has 2 aliphatic rings. The van der Waals surface area contributed by atoms with Crippen LogP contribution in [0, 0.1) is 0 Å². The number of H-pyrrole nitrogens is 1. The largest absolute Gasteiger partial charge is 0.495 e. The number of methoxy groups -OCH3 is 1. The van der Waals surface area contributed by atoms with Crippen molar-refractivity contribution in [3.8, 4) is 5.75 Å². The van der Waals surface area contributed by atoms with Gasteiger partial charge >= 0.3 is 0 Å². The molecule has 4 rings (SSSR count). The van der Waals surface area contributed by atoms with Gasteiger partial charge in [-0.25, -0.2) is 4.99 Å². The summed E-state index contributed by atoms with van der Waals surface area (Å²) in [7, 11) is 1.67. The molecule has 5 heteroatoms. The summed E-state index contributed by atoms with van der Waals surface area (Å²) in [6.45, 7) is 3.30. The van der Waals surface area contributed by atoms with Crippen molar-refractivity contribution >= 4 is 5.71 Å². The minimum Gasteiger partial charge on any atom is -0.495 e. The third kappa shape index (κ3) is 4.49. The van der Waals surface area contributed by atoms with Crippen LogP contribution in [0.25, 0.3) is 0 Å². The minimum atomic E-state index is 0.516. The molecule has 0 amide bonds. The minimum absolute atomic E-state index is 0.516. The second kappa shape index (κ2) is 8.27. The number of hydrogen-bond acceptors (Lipinski definition) is 4. The van der Waals surface area contributed by atoms with E-state index in [4.69, 9.17) is 4.74 Å². The van der Waals surface area contributed by atoms with Crippen LogP contribution in [0.2, 0.25) is 0 Å². The summed E-state index contributed by atoms with van der Waals surface area (Å²) >= 11 is 0. The van der Waals surface area contributed by atoms with Crippen LogP contribution in [0.3, 0.4) is 0 Å². The molecular weight excluding hydrogens is 336 g/mol. The maximum Gasteiger partial charge on any atom is 0.136 e. The summed E-state index contributed by atoms with van der Waals surface area (Å²) in [4.78, 5) is 10.4. The van der Waals surface area contributed by atoms with Crippen molar-refractivity contribution in [3.05, 3.63) is 77.9 Å². The van der Waals surface area contributed by atoms with Gasteiger partial charge in [0, 0.05) is 44.1 Å². The molecule has 2 N–H and O–H groups in total. The Morgan fingerprint density at radius 1 is 1.22 bits per heavy atom. The summed E-state index contributed by atoms with van der Waals surface area (Å²) in [5.41, 5.74) is 4.26. The van der Waals surface area contributed by atoms with Crippen LogP contribution in [0.15, 0.2) is 71.6 Å². The van der Waals surface area contributed by atoms with Gasteiger partial charge in [0.05, 0.1) is 24.2 Å². The summed E-state index contributed by atoms with van der Waals surface area (Å²) in [5, 5.41) is 3.55. The highest BCUT2D eigenvalue weighted by Crippen LogP contribution is 2.18. The number of aromatic amines is 1. The zero-order valence-electron chi connectivity index (χ0n) is 15.7. The van der Waals surface area contributed by atoms with Gasteiger partial charge in [-0.05, 0) is 30.6 Å². The van der Waals surface area contributed by atoms with Crippen LogP contribution >= 0.6 is 0 Å². The molecule has 3 heterocycles. The Kier molecular flexibility index (Phi) is 5.39. The van der Waals surface area contributed by atoms with E-state index in [2.05, 4.69) is 50.5 Å². The number of likely N-dealkylation sites (tertiary alicyclic amines) is 1. The molecular formula is C22H26N4O. The molecule has 2 aliphatic heterocycles. The fourth-order valence-corrected chi connectivity index (χ4v) is 3.55. The number of nitrogens with zero attached hydrogens (tertiary/aromatic N) is 2. The molecule has 1 fully saturated rings. The molecule has 0 atom stereocenters. The molecule has 0 unspecified atom stereocenters. The maximum absolute atomic E-state index is 5.21. The third-order valence-corrected chi connectivity index (χ3v) is 5.13. The quantitative estimate of drug-likeness (QED) is 0.827. The molecule has 1 aromatic carbocycles. The fourth-order valence-electron chi connectivity index (χ4n) is 3.55. The average Bonchev–Trinajstić information content (AvgIpc) is 3.37. The second-order valence-corrected chi connectivity index (χ2v) is 7.06. The molecule has 5 nitrogen and oxygen atoms in total. The third-order valence-electron chi connectivity index (χ3n) is 5.13. The predicted octanol–water partition coefficient (Wildman–Crippen LogP) is 3.48. The smallest absolute Gasteiger partial charge is 0.136 e. The lowest BCUT2D eigenvalue weighted by Crippen LogP contribution is -2.40. The molecule has 0 radical (unpaired) electrons. The highest BCUT2D eigenvalue weighted by Gasteiger charge is 2.18. The van der Waals surface area contributed by atoms with E-state index < -0.39 is 0 Å². The van der Waals surface area contributed by atoms with Crippen molar-refractivity contribution < 1.29 is 4.74 Å². The molecule has 0 saturated carbocycles. The second-order valence-electron chi connectivity index (χ2n) is 7.06. The van der Waals surface area contributed by atoms with E-state index in [-0.39, 0.29) is 0 Å². The summed E-state index contributed by atoms with van der Waals surface area (Å²) in [5.74, 6) is 0.818. The van der Waals surface area contributed by atoms with Crippen molar-refractivity contribution in [3.63, 3.8) is 0 Å². The molecule has 27 heavy (non-hydrogen) atoms. The van der Waals surface area contributed by atoms with Crippen LogP contribution in [-0.4, -0.2) is 41.8 Å². The van der Waals surface area contributed by atoms with Gasteiger partial charge in [-0.3, -0.25) is 4.90 Å². The highest BCUT2D eigenvalue weighted by atomic mass is 16.5. The number of allylic oxidation sites excluding steroid dienone is 2. The van der Waals surface area contributed by atoms with E-state index in [1.165, 1.54) is 5.56 Å². The Balaban J connectivity index is 1.27. The van der Waals surface area contributed by atoms with Crippen LogP contribution in [-0.2, 0) is 6.54 Å². The lowest BCUT2D eigenvalue weighted by Gasteiger charge is -2.32. The van der Waals surface area contributed by atoms with Crippen LogP contribution in [0.5, 0.6) is 5.75 Å². The van der Waals surface area contributed by atoms with Gasteiger partial charge in [0.25, 0.3) is 0 Å². The number of rotatable bonds is 6. The summed E-state index contributed by atoms with van der Waals surface area (Å²) in [6.07, 6.45) is 10.3. The van der Waals surface area contributed by atoms with Crippen molar-refractivity contribution in [1.82, 2.24) is 15.2 Å². The molecule has 0 spiro atoms. The molecule has 0 bridgehead atoms. The fraction of sp³-hybridized carbons (Fsp3) is 0.318. The van der Waals surface area contributed by atoms with Crippen molar-refractivity contribution in [2.24, 2.45) is 4.99 Å². The Bertz CT molecular complexity index is 842. The van der Waals surface area contributed by atoms with Gasteiger partial charge in [-0.2, -0.15) is 0 Å². The van der Waals surface area contributed by atoms with Crippen LogP contribution in [0.1, 0.15) is 24.1 Å². The van der Waals surface area contributed by atoms with Gasteiger partial charge in [0.2, 0.25) is 0 Å². The molecule has 140 valence electrons. The zero-order chi connectivity index (χ0) is 18.5. The lowest BCUT2D eigenvalue weighted by molar-refractivity contribution is 0.197. The zero-order valence-corrected chi connectivity index (χ0v) is 15.7. The first kappa shape index (κ1) is 17.6. The topological polar surface area (TPSA) is 52.6 Å². The number of aromatic nitrogens is 1. The Labute approximate surface area is 160 Å². The monoisotopic (exact) mass is 362 g/mol. The van der Waals surface area contributed by atoms with Crippen LogP contribution in [0.4, 0.5) is 0 Å². The van der Waals surface area contributed by atoms with Gasteiger partial charge < -0.3 is 15.0 Å². The van der Waals surface area contributed by atoms with E-state index in [0.717, 1.165) is 55.3 Å². The first-order valence-electron chi connectivity index (χ1n) is 9.52. The first-order valence-corrected chi connectivity index (χ1v) is 9.52. The molecule has 2 aromatic rings. The Hall–Kier alpha value is -2.79. The van der Waals surface area contributed by atoms with Gasteiger partial charge in [-0.1, -0.05) is 30.3 Å². The van der Waals surface area contributed by atoms with Gasteiger partial charge in [0.1, 0.15) is 5.75 Å². The maximum atomic E-state index is 5.21. The average molecular weight is 362 g/mol. The Morgan fingerprint density at radius 3 is 2.78 bits per heavy atom. The van der Waals surface area contributed by atoms with E-state index in [1.54, 1.807) is 7.11 Å². The Morgan fingerprint density at radius 2 is 2.04 bits per heavy atom. The number of nitrogens with one attached hydrogen (secondary N) is 2. The molecule has 1 aromatic heterocycles. The molecule has 1 saturated heterocycles. The lowest BCUT2D eigenvalue weighted by atomic mass is 10.0. The van der Waals surface area contributed by atoms with E-state index >= 15 is 0 Å². The number of hydrogen-bond donors (Lipinski definition) is 2. The standard InChI is InChI=1S/C22H26N4O/c1-27-20-13-22(24-15-20)21-8-7-19(25-21)14-23-18-9-11-26(12-10-18)16-17-5-3-2-4-6-17/h2-8,13-15,18,23-24H,9-12,16H2,1H3/b19-14+. The van der Waals surface area contributed by atoms with Crippen molar-refractivity contribution in [1.29, 1.82) is 0 Å². The van der Waals surface area contributed by atoms with E-state index in [1.807, 2.05) is 30.6 Å². The first-order chi connectivity index (χ1) is 13.3. The SMILES string of the molecule is COc1c[nH]c(C2=N/C(=C/NC3CCN(Cc4ccccc4)CC3)C=C2)c1. The van der Waals surface area contributed by atoms with Crippen molar-refractivity contribution in [2.75, 3.05) is 20.2 Å². The highest BCUT2D eigenvalue weighted by molar-refractivity contribution is 6.10.